The van der Waals surface area contributed by atoms with Gasteiger partial charge in [-0.1, -0.05) is 29.8 Å². The number of allylic oxidation sites excluding steroid dienone is 2. The van der Waals surface area contributed by atoms with Crippen LogP contribution >= 0.6 is 0 Å². The molecular weight excluding hydrogens is 248 g/mol. The minimum Gasteiger partial charge on any atom is -0.266 e. The first kappa shape index (κ1) is 11.9. The van der Waals surface area contributed by atoms with Gasteiger partial charge in [-0.25, -0.2) is 0 Å². The maximum atomic E-state index is 11.9. The predicted octanol–water partition coefficient (Wildman–Crippen LogP) is 3.06. The number of hydrogen-bond donors (Lipinski definition) is 0. The third-order valence-electron chi connectivity index (χ3n) is 2.96. The van der Waals surface area contributed by atoms with Crippen LogP contribution < -0.4 is 0 Å². The second kappa shape index (κ2) is 5.67. The van der Waals surface area contributed by atoms with Gasteiger partial charge in [0.2, 0.25) is 0 Å². The molecule has 18 heavy (non-hydrogen) atoms. The third kappa shape index (κ3) is 3.43. The Morgan fingerprint density at radius 1 is 1.39 bits per heavy atom. The van der Waals surface area contributed by atoms with Gasteiger partial charge in [0.25, 0.3) is 10.1 Å². The van der Waals surface area contributed by atoms with Crippen LogP contribution in [0.25, 0.3) is 0 Å². The van der Waals surface area contributed by atoms with Gasteiger partial charge < -0.3 is 0 Å². The summed E-state index contributed by atoms with van der Waals surface area (Å²) in [6.07, 6.45) is 5.81. The Balaban J connectivity index is 1.94. The largest absolute Gasteiger partial charge is 0.296 e. The number of benzene rings is 1. The summed E-state index contributed by atoms with van der Waals surface area (Å²) in [4.78, 5) is 0.166. The van der Waals surface area contributed by atoms with Crippen LogP contribution in [0.1, 0.15) is 26.2 Å². The van der Waals surface area contributed by atoms with E-state index in [0.29, 0.717) is 6.42 Å². The van der Waals surface area contributed by atoms with Crippen LogP contribution in [0.2, 0.25) is 0 Å². The first-order valence-corrected chi connectivity index (χ1v) is 7.46. The van der Waals surface area contributed by atoms with Gasteiger partial charge in [0.15, 0.2) is 0 Å². The fourth-order valence-electron chi connectivity index (χ4n) is 1.87. The van der Waals surface area contributed by atoms with E-state index in [2.05, 4.69) is 0 Å². The highest BCUT2D eigenvalue weighted by atomic mass is 32.2. The van der Waals surface area contributed by atoms with Crippen LogP contribution in [0.5, 0.6) is 0 Å². The zero-order chi connectivity index (χ0) is 13.9. The second-order valence-corrected chi connectivity index (χ2v) is 6.05. The van der Waals surface area contributed by atoms with Crippen molar-refractivity contribution in [3.8, 4) is 0 Å². The summed E-state index contributed by atoms with van der Waals surface area (Å²) >= 11 is 0. The molecule has 1 aromatic rings. The van der Waals surface area contributed by atoms with Crippen LogP contribution in [-0.2, 0) is 14.3 Å². The maximum Gasteiger partial charge on any atom is 0.296 e. The molecule has 0 amide bonds. The van der Waals surface area contributed by atoms with Crippen LogP contribution in [-0.4, -0.2) is 15.0 Å². The minimum absolute atomic E-state index is 0.0457. The van der Waals surface area contributed by atoms with Crippen molar-refractivity contribution in [3.05, 3.63) is 42.0 Å². The Morgan fingerprint density at radius 2 is 2.11 bits per heavy atom. The molecule has 4 heteroatoms. The molecule has 0 N–H and O–H groups in total. The van der Waals surface area contributed by atoms with E-state index in [9.17, 15) is 8.42 Å². The van der Waals surface area contributed by atoms with E-state index in [1.54, 1.807) is 12.1 Å². The van der Waals surface area contributed by atoms with Gasteiger partial charge in [0, 0.05) is 1.37 Å². The van der Waals surface area contributed by atoms with Crippen molar-refractivity contribution >= 4 is 10.1 Å². The van der Waals surface area contributed by atoms with Crippen LogP contribution in [0.3, 0.4) is 0 Å². The van der Waals surface area contributed by atoms with E-state index < -0.39 is 16.0 Å². The molecule has 0 radical (unpaired) electrons. The molecule has 3 nitrogen and oxygen atoms in total. The van der Waals surface area contributed by atoms with E-state index in [1.807, 2.05) is 19.1 Å². The number of rotatable bonds is 5. The SMILES string of the molecule is [2H]C1(CCOS(=O)(=O)c2ccc(C)cc2)C=CCC1. The summed E-state index contributed by atoms with van der Waals surface area (Å²) in [6.45, 7) is 1.94. The average Bonchev–Trinajstić information content (AvgIpc) is 2.76. The normalized spacial score (nSPS) is 24.2. The Hall–Kier alpha value is -1.13. The van der Waals surface area contributed by atoms with Crippen molar-refractivity contribution in [3.63, 3.8) is 0 Å². The molecule has 0 heterocycles. The minimum atomic E-state index is -3.70. The van der Waals surface area contributed by atoms with Gasteiger partial charge in [-0.2, -0.15) is 8.42 Å². The first-order valence-electron chi connectivity index (χ1n) is 6.55. The molecule has 1 aromatic carbocycles. The summed E-state index contributed by atoms with van der Waals surface area (Å²) in [5, 5.41) is 0. The Bertz CT molecular complexity index is 563. The zero-order valence-electron chi connectivity index (χ0n) is 11.4. The lowest BCUT2D eigenvalue weighted by atomic mass is 10.1. The zero-order valence-corrected chi connectivity index (χ0v) is 11.2. The highest BCUT2D eigenvalue weighted by Crippen LogP contribution is 2.21. The molecule has 1 aliphatic carbocycles. The molecule has 0 saturated heterocycles. The van der Waals surface area contributed by atoms with Crippen LogP contribution in [0, 0.1) is 12.8 Å². The van der Waals surface area contributed by atoms with E-state index in [-0.39, 0.29) is 11.5 Å². The quantitative estimate of drug-likeness (QED) is 0.608. The topological polar surface area (TPSA) is 43.4 Å². The molecule has 0 bridgehead atoms. The van der Waals surface area contributed by atoms with Crippen LogP contribution in [0.15, 0.2) is 41.3 Å². The lowest BCUT2D eigenvalue weighted by Gasteiger charge is -2.08. The molecule has 2 rings (SSSR count). The lowest BCUT2D eigenvalue weighted by molar-refractivity contribution is 0.294. The molecule has 0 fully saturated rings. The second-order valence-electron chi connectivity index (χ2n) is 4.44. The fourth-order valence-corrected chi connectivity index (χ4v) is 2.77. The molecule has 1 unspecified atom stereocenters. The Morgan fingerprint density at radius 3 is 2.72 bits per heavy atom. The van der Waals surface area contributed by atoms with Gasteiger partial charge in [-0.05, 0) is 44.2 Å². The number of hydrogen-bond acceptors (Lipinski definition) is 3. The molecule has 0 aliphatic heterocycles. The van der Waals surface area contributed by atoms with Crippen molar-refractivity contribution in [2.45, 2.75) is 31.1 Å². The molecule has 0 spiro atoms. The molecular formula is C14H18O3S. The summed E-state index contributed by atoms with van der Waals surface area (Å²) < 4.78 is 36.9. The maximum absolute atomic E-state index is 11.9. The van der Waals surface area contributed by atoms with Gasteiger partial charge >= 0.3 is 0 Å². The molecule has 0 aromatic heterocycles. The smallest absolute Gasteiger partial charge is 0.266 e. The van der Waals surface area contributed by atoms with Crippen molar-refractivity contribution in [1.29, 1.82) is 0 Å². The highest BCUT2D eigenvalue weighted by Gasteiger charge is 2.16. The third-order valence-corrected chi connectivity index (χ3v) is 4.28. The van der Waals surface area contributed by atoms with Gasteiger partial charge in [0.1, 0.15) is 0 Å². The summed E-state index contributed by atoms with van der Waals surface area (Å²) in [6, 6.07) is 6.55. The monoisotopic (exact) mass is 267 g/mol. The van der Waals surface area contributed by atoms with Crippen molar-refractivity contribution in [2.75, 3.05) is 6.61 Å². The molecule has 1 aliphatic rings. The summed E-state index contributed by atoms with van der Waals surface area (Å²) in [5.41, 5.74) is 1.00. The average molecular weight is 267 g/mol. The first-order chi connectivity index (χ1) is 8.91. The lowest BCUT2D eigenvalue weighted by Crippen LogP contribution is -2.09. The molecule has 1 atom stereocenters. The Kier molecular flexibility index (Phi) is 3.76. The standard InChI is InChI=1S/C14H18O3S/c1-12-6-8-14(9-7-12)18(15,16)17-11-10-13-4-2-3-5-13/h2,4,6-9,13H,3,5,10-11H2,1H3/i13D. The highest BCUT2D eigenvalue weighted by molar-refractivity contribution is 7.86. The fraction of sp³-hybridized carbons (Fsp3) is 0.429. The summed E-state index contributed by atoms with van der Waals surface area (Å²) in [5.74, 6) is -0.664. The molecule has 98 valence electrons. The van der Waals surface area contributed by atoms with E-state index in [4.69, 9.17) is 5.55 Å². The van der Waals surface area contributed by atoms with Crippen molar-refractivity contribution in [1.82, 2.24) is 0 Å². The Labute approximate surface area is 110 Å². The predicted molar refractivity (Wildman–Crippen MR) is 70.8 cm³/mol. The van der Waals surface area contributed by atoms with E-state index in [1.165, 1.54) is 12.1 Å². The van der Waals surface area contributed by atoms with Gasteiger partial charge in [-0.15, -0.1) is 0 Å². The van der Waals surface area contributed by atoms with E-state index >= 15 is 0 Å². The number of aryl methyl sites for hydroxylation is 1. The van der Waals surface area contributed by atoms with Crippen LogP contribution in [0.4, 0.5) is 0 Å². The van der Waals surface area contributed by atoms with Crippen molar-refractivity contribution in [2.24, 2.45) is 5.89 Å². The van der Waals surface area contributed by atoms with Gasteiger partial charge in [0.05, 0.1) is 11.5 Å². The van der Waals surface area contributed by atoms with Gasteiger partial charge in [-0.3, -0.25) is 4.18 Å². The van der Waals surface area contributed by atoms with E-state index in [0.717, 1.165) is 18.4 Å². The summed E-state index contributed by atoms with van der Waals surface area (Å²) in [7, 11) is -3.70. The van der Waals surface area contributed by atoms with Crippen molar-refractivity contribution < 1.29 is 14.0 Å². The molecule has 0 saturated carbocycles.